The van der Waals surface area contributed by atoms with Crippen LogP contribution in [-0.2, 0) is 9.59 Å². The minimum Gasteiger partial charge on any atom is -0.353 e. The van der Waals surface area contributed by atoms with Crippen LogP contribution in [-0.4, -0.2) is 48.9 Å². The molecule has 2 amide bonds. The fourth-order valence-electron chi connectivity index (χ4n) is 3.05. The molecule has 0 aliphatic carbocycles. The summed E-state index contributed by atoms with van der Waals surface area (Å²) in [4.78, 5) is 25.5. The minimum absolute atomic E-state index is 0.114. The van der Waals surface area contributed by atoms with Gasteiger partial charge in [0.05, 0.1) is 0 Å². The Morgan fingerprint density at radius 2 is 2.00 bits per heavy atom. The van der Waals surface area contributed by atoms with E-state index in [2.05, 4.69) is 10.6 Å². The van der Waals surface area contributed by atoms with Crippen molar-refractivity contribution < 1.29 is 9.59 Å². The lowest BCUT2D eigenvalue weighted by atomic mass is 10.0. The Labute approximate surface area is 121 Å². The van der Waals surface area contributed by atoms with E-state index in [-0.39, 0.29) is 17.9 Å². The van der Waals surface area contributed by atoms with E-state index in [1.807, 2.05) is 11.8 Å². The Morgan fingerprint density at radius 1 is 1.25 bits per heavy atom. The summed E-state index contributed by atoms with van der Waals surface area (Å²) in [5.41, 5.74) is 0. The molecule has 2 saturated heterocycles. The number of likely N-dealkylation sites (tertiary alicyclic amines) is 1. The molecule has 0 aromatic rings. The van der Waals surface area contributed by atoms with Gasteiger partial charge in [0.15, 0.2) is 0 Å². The average Bonchev–Trinajstić information content (AvgIpc) is 2.98. The Hall–Kier alpha value is -1.10. The smallest absolute Gasteiger partial charge is 0.222 e. The van der Waals surface area contributed by atoms with Crippen molar-refractivity contribution in [3.8, 4) is 0 Å². The van der Waals surface area contributed by atoms with Crippen LogP contribution in [0.4, 0.5) is 0 Å². The number of hydrogen-bond acceptors (Lipinski definition) is 3. The van der Waals surface area contributed by atoms with Crippen LogP contribution in [0.5, 0.6) is 0 Å². The molecule has 5 heteroatoms. The van der Waals surface area contributed by atoms with Gasteiger partial charge in [0, 0.05) is 32.0 Å². The van der Waals surface area contributed by atoms with E-state index in [1.165, 1.54) is 6.42 Å². The first-order valence-electron chi connectivity index (χ1n) is 7.97. The van der Waals surface area contributed by atoms with Crippen molar-refractivity contribution in [2.24, 2.45) is 5.92 Å². The van der Waals surface area contributed by atoms with Crippen LogP contribution in [0.15, 0.2) is 0 Å². The summed E-state index contributed by atoms with van der Waals surface area (Å²) in [7, 11) is 0. The third kappa shape index (κ3) is 4.47. The number of hydrogen-bond donors (Lipinski definition) is 2. The molecule has 2 rings (SSSR count). The number of rotatable bonds is 5. The van der Waals surface area contributed by atoms with Gasteiger partial charge < -0.3 is 15.5 Å². The van der Waals surface area contributed by atoms with Gasteiger partial charge in [0.25, 0.3) is 0 Å². The molecule has 114 valence electrons. The summed E-state index contributed by atoms with van der Waals surface area (Å²) in [6.07, 6.45) is 5.22. The first kappa shape index (κ1) is 15.3. The molecule has 1 unspecified atom stereocenters. The van der Waals surface area contributed by atoms with Gasteiger partial charge in [-0.1, -0.05) is 6.92 Å². The lowest BCUT2D eigenvalue weighted by Crippen LogP contribution is -2.46. The van der Waals surface area contributed by atoms with Gasteiger partial charge in [-0.05, 0) is 44.7 Å². The second-order valence-electron chi connectivity index (χ2n) is 5.97. The maximum atomic E-state index is 12.2. The molecule has 20 heavy (non-hydrogen) atoms. The molecule has 0 aromatic carbocycles. The van der Waals surface area contributed by atoms with Crippen molar-refractivity contribution in [3.05, 3.63) is 0 Å². The van der Waals surface area contributed by atoms with Crippen molar-refractivity contribution in [3.63, 3.8) is 0 Å². The average molecular weight is 281 g/mol. The first-order valence-corrected chi connectivity index (χ1v) is 7.97. The van der Waals surface area contributed by atoms with Gasteiger partial charge >= 0.3 is 0 Å². The van der Waals surface area contributed by atoms with Crippen LogP contribution in [0.1, 0.15) is 45.4 Å². The third-order valence-electron chi connectivity index (χ3n) is 4.46. The van der Waals surface area contributed by atoms with Crippen LogP contribution in [0.2, 0.25) is 0 Å². The van der Waals surface area contributed by atoms with Crippen molar-refractivity contribution >= 4 is 11.8 Å². The minimum atomic E-state index is 0.114. The molecule has 0 spiro atoms. The fourth-order valence-corrected chi connectivity index (χ4v) is 3.05. The Bertz CT molecular complexity index is 332. The molecule has 0 saturated carbocycles. The summed E-state index contributed by atoms with van der Waals surface area (Å²) in [5.74, 6) is 1.08. The van der Waals surface area contributed by atoms with E-state index in [9.17, 15) is 9.59 Å². The van der Waals surface area contributed by atoms with E-state index >= 15 is 0 Å². The zero-order chi connectivity index (χ0) is 14.4. The van der Waals surface area contributed by atoms with Crippen molar-refractivity contribution in [2.75, 3.05) is 26.2 Å². The highest BCUT2D eigenvalue weighted by atomic mass is 16.2. The Balaban J connectivity index is 1.64. The number of nitrogens with zero attached hydrogens (tertiary/aromatic N) is 1. The van der Waals surface area contributed by atoms with Crippen LogP contribution in [0.25, 0.3) is 0 Å². The van der Waals surface area contributed by atoms with Gasteiger partial charge in [0.2, 0.25) is 11.8 Å². The van der Waals surface area contributed by atoms with Crippen molar-refractivity contribution in [2.45, 2.75) is 51.5 Å². The molecule has 2 heterocycles. The monoisotopic (exact) mass is 281 g/mol. The molecule has 0 radical (unpaired) electrons. The summed E-state index contributed by atoms with van der Waals surface area (Å²) in [5, 5.41) is 6.36. The van der Waals surface area contributed by atoms with Crippen molar-refractivity contribution in [1.29, 1.82) is 0 Å². The standard InChI is InChI=1S/C15H27N3O2/c1-2-14(19)17-13-6-9-18(10-7-13)15(20)4-3-12-5-8-16-11-12/h12-13,16H,2-11H2,1H3,(H,17,19). The second kappa shape index (κ2) is 7.62. The zero-order valence-electron chi connectivity index (χ0n) is 12.5. The number of carbonyl (C=O) groups is 2. The molecule has 2 aliphatic rings. The lowest BCUT2D eigenvalue weighted by molar-refractivity contribution is -0.132. The predicted octanol–water partition coefficient (Wildman–Crippen LogP) is 0.893. The molecule has 1 atom stereocenters. The SMILES string of the molecule is CCC(=O)NC1CCN(C(=O)CCC2CCNC2)CC1. The summed E-state index contributed by atoms with van der Waals surface area (Å²) < 4.78 is 0. The lowest BCUT2D eigenvalue weighted by Gasteiger charge is -2.32. The summed E-state index contributed by atoms with van der Waals surface area (Å²) in [6.45, 7) is 5.61. The molecular weight excluding hydrogens is 254 g/mol. The predicted molar refractivity (Wildman–Crippen MR) is 78.2 cm³/mol. The van der Waals surface area contributed by atoms with Gasteiger partial charge in [-0.3, -0.25) is 9.59 Å². The third-order valence-corrected chi connectivity index (χ3v) is 4.46. The van der Waals surface area contributed by atoms with E-state index in [4.69, 9.17) is 0 Å². The number of amides is 2. The zero-order valence-corrected chi connectivity index (χ0v) is 12.5. The van der Waals surface area contributed by atoms with Crippen LogP contribution in [0.3, 0.4) is 0 Å². The van der Waals surface area contributed by atoms with Crippen LogP contribution >= 0.6 is 0 Å². The highest BCUT2D eigenvalue weighted by Gasteiger charge is 2.24. The van der Waals surface area contributed by atoms with Gasteiger partial charge in [-0.2, -0.15) is 0 Å². The van der Waals surface area contributed by atoms with Crippen LogP contribution < -0.4 is 10.6 Å². The van der Waals surface area contributed by atoms with Gasteiger partial charge in [-0.15, -0.1) is 0 Å². The topological polar surface area (TPSA) is 61.4 Å². The number of piperidine rings is 1. The Kier molecular flexibility index (Phi) is 5.83. The molecule has 2 fully saturated rings. The van der Waals surface area contributed by atoms with E-state index in [0.29, 0.717) is 18.8 Å². The molecule has 0 aromatic heterocycles. The molecule has 2 N–H and O–H groups in total. The van der Waals surface area contributed by atoms with Crippen LogP contribution in [0, 0.1) is 5.92 Å². The molecule has 2 aliphatic heterocycles. The first-order chi connectivity index (χ1) is 9.69. The van der Waals surface area contributed by atoms with E-state index in [1.54, 1.807) is 0 Å². The summed E-state index contributed by atoms with van der Waals surface area (Å²) in [6, 6.07) is 0.255. The highest BCUT2D eigenvalue weighted by molar-refractivity contribution is 5.77. The normalized spacial score (nSPS) is 23.9. The van der Waals surface area contributed by atoms with Crippen molar-refractivity contribution in [1.82, 2.24) is 15.5 Å². The number of carbonyl (C=O) groups excluding carboxylic acids is 2. The second-order valence-corrected chi connectivity index (χ2v) is 5.97. The molecule has 0 bridgehead atoms. The molecule has 5 nitrogen and oxygen atoms in total. The van der Waals surface area contributed by atoms with Gasteiger partial charge in [0.1, 0.15) is 0 Å². The fraction of sp³-hybridized carbons (Fsp3) is 0.867. The Morgan fingerprint density at radius 3 is 2.60 bits per heavy atom. The number of nitrogens with one attached hydrogen (secondary N) is 2. The summed E-state index contributed by atoms with van der Waals surface area (Å²) >= 11 is 0. The van der Waals surface area contributed by atoms with E-state index < -0.39 is 0 Å². The maximum absolute atomic E-state index is 12.2. The highest BCUT2D eigenvalue weighted by Crippen LogP contribution is 2.17. The molecular formula is C15H27N3O2. The quantitative estimate of drug-likeness (QED) is 0.787. The maximum Gasteiger partial charge on any atom is 0.222 e. The van der Waals surface area contributed by atoms with Gasteiger partial charge in [-0.25, -0.2) is 0 Å². The largest absolute Gasteiger partial charge is 0.353 e. The van der Waals surface area contributed by atoms with E-state index in [0.717, 1.165) is 45.4 Å².